The minimum absolute atomic E-state index is 0.106. The summed E-state index contributed by atoms with van der Waals surface area (Å²) in [5.41, 5.74) is 7.10. The van der Waals surface area contributed by atoms with Crippen LogP contribution in [-0.4, -0.2) is 9.78 Å². The van der Waals surface area contributed by atoms with Crippen molar-refractivity contribution in [3.8, 4) is 0 Å². The van der Waals surface area contributed by atoms with Crippen molar-refractivity contribution in [2.24, 2.45) is 7.05 Å². The monoisotopic (exact) mass is 252 g/mol. The lowest BCUT2D eigenvalue weighted by atomic mass is 10.1. The highest BCUT2D eigenvalue weighted by atomic mass is 19.2. The van der Waals surface area contributed by atoms with Gasteiger partial charge in [0.1, 0.15) is 0 Å². The summed E-state index contributed by atoms with van der Waals surface area (Å²) in [6, 6.07) is 1.91. The number of benzene rings is 1. The molecule has 1 atom stereocenters. The Bertz CT molecular complexity index is 565. The lowest BCUT2D eigenvalue weighted by molar-refractivity contribution is 0.509. The van der Waals surface area contributed by atoms with Crippen molar-refractivity contribution < 1.29 is 8.78 Å². The van der Waals surface area contributed by atoms with E-state index in [9.17, 15) is 8.78 Å². The Balaban J connectivity index is 2.21. The van der Waals surface area contributed by atoms with E-state index in [1.807, 2.05) is 20.2 Å². The standard InChI is InChI=1S/C12H14F2N4/c1-7(8-5-16-18(2)6-8)17-12-4-10(14)9(13)3-11(12)15/h3-7,17H,15H2,1-2H3. The molecular formula is C12H14F2N4. The number of aryl methyl sites for hydroxylation is 1. The number of aromatic nitrogens is 2. The molecule has 0 aliphatic rings. The molecule has 0 spiro atoms. The summed E-state index contributed by atoms with van der Waals surface area (Å²) in [5, 5.41) is 7.07. The molecule has 0 aliphatic heterocycles. The SMILES string of the molecule is CC(Nc1cc(F)c(F)cc1N)c1cnn(C)c1. The zero-order valence-corrected chi connectivity index (χ0v) is 10.1. The van der Waals surface area contributed by atoms with E-state index < -0.39 is 11.6 Å². The van der Waals surface area contributed by atoms with Gasteiger partial charge in [-0.3, -0.25) is 4.68 Å². The molecule has 0 amide bonds. The minimum Gasteiger partial charge on any atom is -0.397 e. The Morgan fingerprint density at radius 3 is 2.61 bits per heavy atom. The zero-order chi connectivity index (χ0) is 13.3. The van der Waals surface area contributed by atoms with Gasteiger partial charge in [0, 0.05) is 30.9 Å². The van der Waals surface area contributed by atoms with Crippen molar-refractivity contribution in [2.75, 3.05) is 11.1 Å². The number of hydrogen-bond acceptors (Lipinski definition) is 3. The number of nitrogens with one attached hydrogen (secondary N) is 1. The Labute approximate surface area is 103 Å². The van der Waals surface area contributed by atoms with Crippen LogP contribution in [-0.2, 0) is 7.05 Å². The Morgan fingerprint density at radius 2 is 2.00 bits per heavy atom. The number of nitrogens with two attached hydrogens (primary N) is 1. The molecule has 0 saturated heterocycles. The molecule has 0 aliphatic carbocycles. The first kappa shape index (κ1) is 12.3. The number of nitrogens with zero attached hydrogens (tertiary/aromatic N) is 2. The molecule has 1 aromatic heterocycles. The predicted octanol–water partition coefficient (Wildman–Crippen LogP) is 2.45. The predicted molar refractivity (Wildman–Crippen MR) is 66.0 cm³/mol. The molecule has 0 bridgehead atoms. The number of nitrogen functional groups attached to an aromatic ring is 1. The van der Waals surface area contributed by atoms with Crippen molar-refractivity contribution in [2.45, 2.75) is 13.0 Å². The smallest absolute Gasteiger partial charge is 0.161 e. The molecule has 3 N–H and O–H groups in total. The Morgan fingerprint density at radius 1 is 1.33 bits per heavy atom. The van der Waals surface area contributed by atoms with Gasteiger partial charge in [-0.1, -0.05) is 0 Å². The van der Waals surface area contributed by atoms with Crippen molar-refractivity contribution in [1.29, 1.82) is 0 Å². The largest absolute Gasteiger partial charge is 0.397 e. The van der Waals surface area contributed by atoms with Crippen molar-refractivity contribution in [1.82, 2.24) is 9.78 Å². The first-order chi connectivity index (χ1) is 8.47. The van der Waals surface area contributed by atoms with E-state index in [0.717, 1.165) is 17.7 Å². The molecule has 6 heteroatoms. The summed E-state index contributed by atoms with van der Waals surface area (Å²) >= 11 is 0. The van der Waals surface area contributed by atoms with Gasteiger partial charge in [0.05, 0.1) is 23.6 Å². The molecule has 2 rings (SSSR count). The highest BCUT2D eigenvalue weighted by molar-refractivity contribution is 5.66. The van der Waals surface area contributed by atoms with E-state index in [0.29, 0.717) is 5.69 Å². The average molecular weight is 252 g/mol. The molecular weight excluding hydrogens is 238 g/mol. The fraction of sp³-hybridized carbons (Fsp3) is 0.250. The van der Waals surface area contributed by atoms with Crippen molar-refractivity contribution >= 4 is 11.4 Å². The van der Waals surface area contributed by atoms with Gasteiger partial charge in [-0.2, -0.15) is 5.10 Å². The van der Waals surface area contributed by atoms with Crippen molar-refractivity contribution in [3.05, 3.63) is 41.7 Å². The Kier molecular flexibility index (Phi) is 3.18. The molecule has 1 aromatic carbocycles. The van der Waals surface area contributed by atoms with E-state index >= 15 is 0 Å². The maximum Gasteiger partial charge on any atom is 0.161 e. The maximum absolute atomic E-state index is 13.1. The van der Waals surface area contributed by atoms with Gasteiger partial charge in [-0.25, -0.2) is 8.78 Å². The summed E-state index contributed by atoms with van der Waals surface area (Å²) in [5.74, 6) is -1.88. The molecule has 4 nitrogen and oxygen atoms in total. The molecule has 0 fully saturated rings. The first-order valence-corrected chi connectivity index (χ1v) is 5.47. The quantitative estimate of drug-likeness (QED) is 0.825. The summed E-state index contributed by atoms with van der Waals surface area (Å²) in [6.07, 6.45) is 3.54. The van der Waals surface area contributed by atoms with Crippen molar-refractivity contribution in [3.63, 3.8) is 0 Å². The lowest BCUT2D eigenvalue weighted by Crippen LogP contribution is -2.08. The van der Waals surface area contributed by atoms with Crippen LogP contribution in [0.25, 0.3) is 0 Å². The number of rotatable bonds is 3. The van der Waals surface area contributed by atoms with E-state index in [1.165, 1.54) is 0 Å². The number of halogens is 2. The van der Waals surface area contributed by atoms with Crippen LogP contribution in [0, 0.1) is 11.6 Å². The second kappa shape index (κ2) is 4.64. The van der Waals surface area contributed by atoms with E-state index in [-0.39, 0.29) is 11.7 Å². The fourth-order valence-electron chi connectivity index (χ4n) is 1.67. The number of hydrogen-bond donors (Lipinski definition) is 2. The normalized spacial score (nSPS) is 12.4. The van der Waals surface area contributed by atoms with E-state index in [4.69, 9.17) is 5.73 Å². The van der Waals surface area contributed by atoms with Crippen LogP contribution in [0.3, 0.4) is 0 Å². The zero-order valence-electron chi connectivity index (χ0n) is 10.1. The lowest BCUT2D eigenvalue weighted by Gasteiger charge is -2.15. The number of anilines is 2. The van der Waals surface area contributed by atoms with Crippen LogP contribution in [0.2, 0.25) is 0 Å². The summed E-state index contributed by atoms with van der Waals surface area (Å²) in [6.45, 7) is 1.89. The van der Waals surface area contributed by atoms with Crippen LogP contribution in [0.5, 0.6) is 0 Å². The second-order valence-corrected chi connectivity index (χ2v) is 4.17. The Hall–Kier alpha value is -2.11. The third kappa shape index (κ3) is 2.42. The molecule has 18 heavy (non-hydrogen) atoms. The summed E-state index contributed by atoms with van der Waals surface area (Å²) < 4.78 is 27.7. The second-order valence-electron chi connectivity index (χ2n) is 4.17. The van der Waals surface area contributed by atoms with E-state index in [1.54, 1.807) is 10.9 Å². The third-order valence-corrected chi connectivity index (χ3v) is 2.69. The third-order valence-electron chi connectivity index (χ3n) is 2.69. The van der Waals surface area contributed by atoms with Gasteiger partial charge < -0.3 is 11.1 Å². The maximum atomic E-state index is 13.1. The van der Waals surface area contributed by atoms with Crippen LogP contribution >= 0.6 is 0 Å². The van der Waals surface area contributed by atoms with Gasteiger partial charge in [0.25, 0.3) is 0 Å². The molecule has 1 heterocycles. The molecule has 0 saturated carbocycles. The molecule has 1 unspecified atom stereocenters. The van der Waals surface area contributed by atoms with Gasteiger partial charge in [0.2, 0.25) is 0 Å². The summed E-state index contributed by atoms with van der Waals surface area (Å²) in [4.78, 5) is 0. The summed E-state index contributed by atoms with van der Waals surface area (Å²) in [7, 11) is 1.81. The van der Waals surface area contributed by atoms with Gasteiger partial charge in [-0.05, 0) is 6.92 Å². The fourth-order valence-corrected chi connectivity index (χ4v) is 1.67. The van der Waals surface area contributed by atoms with Crippen LogP contribution in [0.1, 0.15) is 18.5 Å². The van der Waals surface area contributed by atoms with Crippen LogP contribution < -0.4 is 11.1 Å². The van der Waals surface area contributed by atoms with Gasteiger partial charge in [-0.15, -0.1) is 0 Å². The molecule has 2 aromatic rings. The van der Waals surface area contributed by atoms with Gasteiger partial charge in [0.15, 0.2) is 11.6 Å². The molecule has 96 valence electrons. The highest BCUT2D eigenvalue weighted by Gasteiger charge is 2.12. The first-order valence-electron chi connectivity index (χ1n) is 5.47. The highest BCUT2D eigenvalue weighted by Crippen LogP contribution is 2.26. The topological polar surface area (TPSA) is 55.9 Å². The average Bonchev–Trinajstić information content (AvgIpc) is 2.73. The van der Waals surface area contributed by atoms with Crippen LogP contribution in [0.15, 0.2) is 24.5 Å². The van der Waals surface area contributed by atoms with Gasteiger partial charge >= 0.3 is 0 Å². The van der Waals surface area contributed by atoms with E-state index in [2.05, 4.69) is 10.4 Å². The molecule has 0 radical (unpaired) electrons. The minimum atomic E-state index is -0.952. The van der Waals surface area contributed by atoms with Crippen LogP contribution in [0.4, 0.5) is 20.2 Å².